The van der Waals surface area contributed by atoms with Crippen molar-refractivity contribution in [1.29, 1.82) is 0 Å². The molecule has 0 saturated carbocycles. The first kappa shape index (κ1) is 18.5. The number of nitrogens with zero attached hydrogens (tertiary/aromatic N) is 5. The van der Waals surface area contributed by atoms with Crippen LogP contribution in [-0.4, -0.2) is 49.3 Å². The van der Waals surface area contributed by atoms with E-state index in [0.29, 0.717) is 11.7 Å². The zero-order valence-electron chi connectivity index (χ0n) is 14.6. The molecular weight excluding hydrogens is 404 g/mol. The van der Waals surface area contributed by atoms with E-state index in [9.17, 15) is 4.79 Å². The lowest BCUT2D eigenvalue weighted by atomic mass is 10.2. The Kier molecular flexibility index (Phi) is 5.81. The number of thiophene rings is 1. The molecule has 142 valence electrons. The van der Waals surface area contributed by atoms with Gasteiger partial charge in [0.05, 0.1) is 18.4 Å². The van der Waals surface area contributed by atoms with E-state index in [1.807, 2.05) is 0 Å². The molecule has 1 unspecified atom stereocenters. The summed E-state index contributed by atoms with van der Waals surface area (Å²) < 4.78 is 7.87. The van der Waals surface area contributed by atoms with Gasteiger partial charge in [-0.1, -0.05) is 23.1 Å². The molecule has 0 bridgehead atoms. The van der Waals surface area contributed by atoms with Crippen molar-refractivity contribution < 1.29 is 9.53 Å². The third-order valence-electron chi connectivity index (χ3n) is 4.05. The van der Waals surface area contributed by atoms with Crippen LogP contribution in [-0.2, 0) is 16.1 Å². The first-order chi connectivity index (χ1) is 13.2. The number of anilines is 1. The van der Waals surface area contributed by atoms with Gasteiger partial charge in [0, 0.05) is 22.4 Å². The molecule has 1 N–H and O–H groups in total. The summed E-state index contributed by atoms with van der Waals surface area (Å²) in [5.74, 6) is 0.907. The van der Waals surface area contributed by atoms with Gasteiger partial charge in [-0.3, -0.25) is 14.7 Å². The molecule has 1 aliphatic rings. The van der Waals surface area contributed by atoms with Gasteiger partial charge in [0.2, 0.25) is 11.0 Å². The Bertz CT molecular complexity index is 901. The molecule has 0 aromatic carbocycles. The van der Waals surface area contributed by atoms with Crippen LogP contribution in [0, 0.1) is 6.92 Å². The standard InChI is InChI=1S/C16H18N6O2S3/c1-10-5-11(7-25-10)14-19-21-16(22(14)6-12-3-2-4-24-12)26-8-13(23)18-15-20-17-9-27-15/h5,7,9,12H,2-4,6,8H2,1H3,(H,18,20,23). The molecule has 8 nitrogen and oxygen atoms in total. The second-order valence-electron chi connectivity index (χ2n) is 6.08. The third kappa shape index (κ3) is 4.54. The van der Waals surface area contributed by atoms with Crippen LogP contribution < -0.4 is 5.32 Å². The Morgan fingerprint density at radius 2 is 2.33 bits per heavy atom. The van der Waals surface area contributed by atoms with Crippen molar-refractivity contribution in [3.05, 3.63) is 21.8 Å². The fourth-order valence-electron chi connectivity index (χ4n) is 2.84. The van der Waals surface area contributed by atoms with Crippen molar-refractivity contribution in [2.45, 2.75) is 37.6 Å². The van der Waals surface area contributed by atoms with Crippen molar-refractivity contribution in [3.63, 3.8) is 0 Å². The van der Waals surface area contributed by atoms with Crippen molar-refractivity contribution in [2.24, 2.45) is 0 Å². The zero-order valence-corrected chi connectivity index (χ0v) is 17.1. The fourth-order valence-corrected chi connectivity index (χ4v) is 4.73. The molecular formula is C16H18N6O2S3. The predicted molar refractivity (Wildman–Crippen MR) is 106 cm³/mol. The maximum Gasteiger partial charge on any atom is 0.236 e. The van der Waals surface area contributed by atoms with Crippen LogP contribution in [0.25, 0.3) is 11.4 Å². The molecule has 4 rings (SSSR count). The van der Waals surface area contributed by atoms with Gasteiger partial charge in [-0.2, -0.15) is 0 Å². The van der Waals surface area contributed by atoms with Crippen LogP contribution >= 0.6 is 34.4 Å². The number of aromatic nitrogens is 5. The lowest BCUT2D eigenvalue weighted by Crippen LogP contribution is -2.18. The maximum atomic E-state index is 12.1. The van der Waals surface area contributed by atoms with Crippen LogP contribution in [0.2, 0.25) is 0 Å². The molecule has 4 heterocycles. The van der Waals surface area contributed by atoms with Gasteiger partial charge in [0.15, 0.2) is 11.0 Å². The molecule has 0 spiro atoms. The quantitative estimate of drug-likeness (QED) is 0.585. The molecule has 0 aliphatic carbocycles. The predicted octanol–water partition coefficient (Wildman–Crippen LogP) is 3.08. The van der Waals surface area contributed by atoms with E-state index in [0.717, 1.165) is 36.0 Å². The summed E-state index contributed by atoms with van der Waals surface area (Å²) in [6, 6.07) is 2.11. The molecule has 1 atom stereocenters. The van der Waals surface area contributed by atoms with Crippen LogP contribution in [0.5, 0.6) is 0 Å². The summed E-state index contributed by atoms with van der Waals surface area (Å²) in [5.41, 5.74) is 2.63. The highest BCUT2D eigenvalue weighted by molar-refractivity contribution is 7.99. The van der Waals surface area contributed by atoms with E-state index in [4.69, 9.17) is 4.74 Å². The van der Waals surface area contributed by atoms with Gasteiger partial charge in [-0.05, 0) is 25.8 Å². The fraction of sp³-hybridized carbons (Fsp3) is 0.438. The minimum Gasteiger partial charge on any atom is -0.376 e. The Labute approximate surface area is 168 Å². The third-order valence-corrected chi connectivity index (χ3v) is 6.49. The topological polar surface area (TPSA) is 94.8 Å². The van der Waals surface area contributed by atoms with Crippen molar-refractivity contribution in [1.82, 2.24) is 25.0 Å². The summed E-state index contributed by atoms with van der Waals surface area (Å²) in [5, 5.41) is 22.3. The number of hydrogen-bond acceptors (Lipinski definition) is 9. The Balaban J connectivity index is 1.50. The highest BCUT2D eigenvalue weighted by atomic mass is 32.2. The second kappa shape index (κ2) is 8.46. The number of carbonyl (C=O) groups is 1. The van der Waals surface area contributed by atoms with E-state index in [1.165, 1.54) is 28.0 Å². The highest BCUT2D eigenvalue weighted by Crippen LogP contribution is 2.29. The monoisotopic (exact) mass is 422 g/mol. The van der Waals surface area contributed by atoms with E-state index in [2.05, 4.69) is 48.6 Å². The van der Waals surface area contributed by atoms with Gasteiger partial charge in [-0.15, -0.1) is 31.7 Å². The average molecular weight is 423 g/mol. The van der Waals surface area contributed by atoms with Gasteiger partial charge in [0.25, 0.3) is 0 Å². The summed E-state index contributed by atoms with van der Waals surface area (Å²) in [6.07, 6.45) is 2.27. The number of aryl methyl sites for hydroxylation is 1. The van der Waals surface area contributed by atoms with Crippen LogP contribution in [0.3, 0.4) is 0 Å². The second-order valence-corrected chi connectivity index (χ2v) is 8.97. The zero-order chi connectivity index (χ0) is 18.6. The number of amides is 1. The minimum atomic E-state index is -0.142. The van der Waals surface area contributed by atoms with E-state index in [1.54, 1.807) is 16.8 Å². The molecule has 1 saturated heterocycles. The summed E-state index contributed by atoms with van der Waals surface area (Å²) in [6.45, 7) is 3.56. The minimum absolute atomic E-state index is 0.142. The molecule has 11 heteroatoms. The van der Waals surface area contributed by atoms with Crippen molar-refractivity contribution in [3.8, 4) is 11.4 Å². The highest BCUT2D eigenvalue weighted by Gasteiger charge is 2.22. The Morgan fingerprint density at radius 3 is 3.04 bits per heavy atom. The van der Waals surface area contributed by atoms with E-state index >= 15 is 0 Å². The lowest BCUT2D eigenvalue weighted by molar-refractivity contribution is -0.113. The van der Waals surface area contributed by atoms with Gasteiger partial charge < -0.3 is 4.74 Å². The number of rotatable bonds is 7. The molecule has 3 aromatic rings. The average Bonchev–Trinajstić information content (AvgIpc) is 3.42. The van der Waals surface area contributed by atoms with E-state index in [-0.39, 0.29) is 17.8 Å². The van der Waals surface area contributed by atoms with Crippen LogP contribution in [0.15, 0.2) is 22.1 Å². The Hall–Kier alpha value is -1.82. The molecule has 1 amide bonds. The largest absolute Gasteiger partial charge is 0.376 e. The van der Waals surface area contributed by atoms with Crippen LogP contribution in [0.1, 0.15) is 17.7 Å². The summed E-state index contributed by atoms with van der Waals surface area (Å²) in [4.78, 5) is 13.4. The molecule has 1 fully saturated rings. The van der Waals surface area contributed by atoms with Crippen LogP contribution in [0.4, 0.5) is 5.13 Å². The first-order valence-electron chi connectivity index (χ1n) is 8.48. The number of hydrogen-bond donors (Lipinski definition) is 1. The lowest BCUT2D eigenvalue weighted by Gasteiger charge is -2.14. The summed E-state index contributed by atoms with van der Waals surface area (Å²) in [7, 11) is 0. The van der Waals surface area contributed by atoms with Gasteiger partial charge >= 0.3 is 0 Å². The van der Waals surface area contributed by atoms with Crippen molar-refractivity contribution >= 4 is 45.5 Å². The molecule has 27 heavy (non-hydrogen) atoms. The first-order valence-corrected chi connectivity index (χ1v) is 11.2. The number of thioether (sulfide) groups is 1. The van der Waals surface area contributed by atoms with Crippen molar-refractivity contribution in [2.75, 3.05) is 17.7 Å². The number of nitrogens with one attached hydrogen (secondary N) is 1. The maximum absolute atomic E-state index is 12.1. The number of carbonyl (C=O) groups excluding carboxylic acids is 1. The van der Waals surface area contributed by atoms with Gasteiger partial charge in [0.1, 0.15) is 5.51 Å². The normalized spacial score (nSPS) is 16.7. The Morgan fingerprint density at radius 1 is 1.41 bits per heavy atom. The smallest absolute Gasteiger partial charge is 0.236 e. The van der Waals surface area contributed by atoms with Gasteiger partial charge in [-0.25, -0.2) is 0 Å². The molecule has 0 radical (unpaired) electrons. The molecule has 3 aromatic heterocycles. The summed E-state index contributed by atoms with van der Waals surface area (Å²) >= 11 is 4.34. The number of ether oxygens (including phenoxy) is 1. The SMILES string of the molecule is Cc1cc(-c2nnc(SCC(=O)Nc3nncs3)n2CC2CCCO2)cs1. The van der Waals surface area contributed by atoms with E-state index < -0.39 is 0 Å². The molecule has 1 aliphatic heterocycles.